The fraction of sp³-hybridized carbons (Fsp3) is 0.533. The molecular formula is C15H25N3O3S. The van der Waals surface area contributed by atoms with Crippen molar-refractivity contribution in [2.75, 3.05) is 18.9 Å². The molecule has 7 heteroatoms. The lowest BCUT2D eigenvalue weighted by molar-refractivity contribution is -0.116. The lowest BCUT2D eigenvalue weighted by atomic mass is 10.1. The molecule has 0 aliphatic heterocycles. The first-order valence-corrected chi connectivity index (χ1v) is 8.71. The predicted molar refractivity (Wildman–Crippen MR) is 88.3 cm³/mol. The number of hydrogen-bond donors (Lipinski definition) is 3. The third-order valence-electron chi connectivity index (χ3n) is 2.70. The number of carbonyl (C=O) groups is 1. The van der Waals surface area contributed by atoms with E-state index in [0.717, 1.165) is 13.0 Å². The molecular weight excluding hydrogens is 302 g/mol. The number of benzene rings is 1. The summed E-state index contributed by atoms with van der Waals surface area (Å²) >= 11 is 0. The van der Waals surface area contributed by atoms with Crippen LogP contribution in [0.15, 0.2) is 29.2 Å². The predicted octanol–water partition coefficient (Wildman–Crippen LogP) is 1.70. The summed E-state index contributed by atoms with van der Waals surface area (Å²) in [6, 6.07) is 6.25. The van der Waals surface area contributed by atoms with Crippen LogP contribution in [0.4, 0.5) is 5.69 Å². The van der Waals surface area contributed by atoms with Crippen molar-refractivity contribution in [2.45, 2.75) is 44.0 Å². The molecule has 6 nitrogen and oxygen atoms in total. The van der Waals surface area contributed by atoms with E-state index in [-0.39, 0.29) is 10.8 Å². The number of rotatable bonds is 7. The Kier molecular flexibility index (Phi) is 6.52. The van der Waals surface area contributed by atoms with Gasteiger partial charge >= 0.3 is 0 Å². The van der Waals surface area contributed by atoms with Crippen LogP contribution < -0.4 is 15.4 Å². The van der Waals surface area contributed by atoms with Gasteiger partial charge in [-0.15, -0.1) is 0 Å². The average molecular weight is 327 g/mol. The van der Waals surface area contributed by atoms with Gasteiger partial charge in [0, 0.05) is 17.6 Å². The number of amides is 1. The monoisotopic (exact) mass is 327 g/mol. The van der Waals surface area contributed by atoms with E-state index in [1.807, 2.05) is 7.05 Å². The average Bonchev–Trinajstić information content (AvgIpc) is 2.36. The summed E-state index contributed by atoms with van der Waals surface area (Å²) in [5, 5.41) is 5.69. The molecule has 1 rings (SSSR count). The topological polar surface area (TPSA) is 87.3 Å². The quantitative estimate of drug-likeness (QED) is 0.665. The molecule has 22 heavy (non-hydrogen) atoms. The van der Waals surface area contributed by atoms with Gasteiger partial charge in [0.15, 0.2) is 0 Å². The van der Waals surface area contributed by atoms with E-state index in [2.05, 4.69) is 15.4 Å². The van der Waals surface area contributed by atoms with Crippen molar-refractivity contribution in [3.8, 4) is 0 Å². The van der Waals surface area contributed by atoms with Crippen molar-refractivity contribution in [3.05, 3.63) is 24.3 Å². The zero-order valence-electron chi connectivity index (χ0n) is 13.6. The summed E-state index contributed by atoms with van der Waals surface area (Å²) in [4.78, 5) is 11.9. The fourth-order valence-corrected chi connectivity index (χ4v) is 3.32. The van der Waals surface area contributed by atoms with Crippen LogP contribution in [-0.2, 0) is 14.8 Å². The number of anilines is 1. The van der Waals surface area contributed by atoms with E-state index in [4.69, 9.17) is 0 Å². The van der Waals surface area contributed by atoms with Crippen LogP contribution in [-0.4, -0.2) is 33.5 Å². The third-order valence-corrected chi connectivity index (χ3v) is 4.45. The molecule has 0 saturated carbocycles. The molecule has 0 atom stereocenters. The van der Waals surface area contributed by atoms with Crippen LogP contribution in [0.5, 0.6) is 0 Å². The summed E-state index contributed by atoms with van der Waals surface area (Å²) in [5.41, 5.74) is -0.0862. The summed E-state index contributed by atoms with van der Waals surface area (Å²) < 4.78 is 27.1. The highest BCUT2D eigenvalue weighted by Crippen LogP contribution is 2.17. The van der Waals surface area contributed by atoms with Gasteiger partial charge in [0.1, 0.15) is 0 Å². The van der Waals surface area contributed by atoms with Crippen LogP contribution in [0.1, 0.15) is 33.6 Å². The molecule has 124 valence electrons. The van der Waals surface area contributed by atoms with Crippen molar-refractivity contribution in [1.82, 2.24) is 10.0 Å². The standard InChI is InChI=1S/C15H25N3O3S/c1-15(2,3)18-22(20,21)13-8-5-7-12(11-13)17-14(19)9-6-10-16-4/h5,7-8,11,16,18H,6,9-10H2,1-4H3,(H,17,19). The Hall–Kier alpha value is -1.44. The number of hydrogen-bond acceptors (Lipinski definition) is 4. The highest BCUT2D eigenvalue weighted by atomic mass is 32.2. The molecule has 1 aromatic rings. The maximum Gasteiger partial charge on any atom is 0.241 e. The summed E-state index contributed by atoms with van der Waals surface area (Å²) in [6.07, 6.45) is 1.12. The summed E-state index contributed by atoms with van der Waals surface area (Å²) in [5.74, 6) is -0.131. The van der Waals surface area contributed by atoms with Gasteiger partial charge in [-0.1, -0.05) is 6.07 Å². The molecule has 3 N–H and O–H groups in total. The van der Waals surface area contributed by atoms with Crippen molar-refractivity contribution >= 4 is 21.6 Å². The van der Waals surface area contributed by atoms with E-state index >= 15 is 0 Å². The van der Waals surface area contributed by atoms with E-state index in [9.17, 15) is 13.2 Å². The fourth-order valence-electron chi connectivity index (χ4n) is 1.85. The van der Waals surface area contributed by atoms with Crippen molar-refractivity contribution in [3.63, 3.8) is 0 Å². The van der Waals surface area contributed by atoms with E-state index in [1.54, 1.807) is 32.9 Å². The number of carbonyl (C=O) groups excluding carboxylic acids is 1. The second-order valence-corrected chi connectivity index (χ2v) is 7.82. The molecule has 0 aromatic heterocycles. The molecule has 1 amide bonds. The Morgan fingerprint density at radius 1 is 1.23 bits per heavy atom. The highest BCUT2D eigenvalue weighted by Gasteiger charge is 2.22. The number of nitrogens with one attached hydrogen (secondary N) is 3. The number of sulfonamides is 1. The Morgan fingerprint density at radius 3 is 2.50 bits per heavy atom. The Balaban J connectivity index is 2.80. The smallest absolute Gasteiger partial charge is 0.241 e. The lowest BCUT2D eigenvalue weighted by Crippen LogP contribution is -2.40. The second-order valence-electron chi connectivity index (χ2n) is 6.14. The SMILES string of the molecule is CNCCCC(=O)Nc1cccc(S(=O)(=O)NC(C)(C)C)c1. The molecule has 0 spiro atoms. The highest BCUT2D eigenvalue weighted by molar-refractivity contribution is 7.89. The van der Waals surface area contributed by atoms with E-state index in [1.165, 1.54) is 12.1 Å². The molecule has 1 aromatic carbocycles. The maximum atomic E-state index is 12.3. The lowest BCUT2D eigenvalue weighted by Gasteiger charge is -2.20. The van der Waals surface area contributed by atoms with Gasteiger partial charge in [-0.25, -0.2) is 13.1 Å². The minimum Gasteiger partial charge on any atom is -0.326 e. The molecule has 0 saturated heterocycles. The van der Waals surface area contributed by atoms with Gasteiger partial charge < -0.3 is 10.6 Å². The van der Waals surface area contributed by atoms with Crippen LogP contribution >= 0.6 is 0 Å². The maximum absolute atomic E-state index is 12.3. The van der Waals surface area contributed by atoms with Gasteiger partial charge in [0.2, 0.25) is 15.9 Å². The largest absolute Gasteiger partial charge is 0.326 e. The van der Waals surface area contributed by atoms with Crippen molar-refractivity contribution in [1.29, 1.82) is 0 Å². The van der Waals surface area contributed by atoms with Gasteiger partial charge in [-0.2, -0.15) is 0 Å². The van der Waals surface area contributed by atoms with Gasteiger partial charge in [0.05, 0.1) is 4.90 Å². The minimum atomic E-state index is -3.61. The summed E-state index contributed by atoms with van der Waals surface area (Å²) in [7, 11) is -1.78. The first kappa shape index (κ1) is 18.6. The summed E-state index contributed by atoms with van der Waals surface area (Å²) in [6.45, 7) is 6.09. The van der Waals surface area contributed by atoms with Crippen LogP contribution in [0.25, 0.3) is 0 Å². The molecule has 0 unspecified atom stereocenters. The van der Waals surface area contributed by atoms with Crippen LogP contribution in [0.3, 0.4) is 0 Å². The minimum absolute atomic E-state index is 0.131. The van der Waals surface area contributed by atoms with E-state index < -0.39 is 15.6 Å². The van der Waals surface area contributed by atoms with Crippen LogP contribution in [0.2, 0.25) is 0 Å². The van der Waals surface area contributed by atoms with Crippen LogP contribution in [0, 0.1) is 0 Å². The third kappa shape index (κ3) is 6.55. The first-order chi connectivity index (χ1) is 10.1. The van der Waals surface area contributed by atoms with Gasteiger partial charge in [-0.05, 0) is 59.0 Å². The van der Waals surface area contributed by atoms with Crippen molar-refractivity contribution < 1.29 is 13.2 Å². The first-order valence-electron chi connectivity index (χ1n) is 7.22. The Labute approximate surface area is 132 Å². The Bertz CT molecular complexity index is 607. The second kappa shape index (κ2) is 7.71. The van der Waals surface area contributed by atoms with Crippen molar-refractivity contribution in [2.24, 2.45) is 0 Å². The molecule has 0 fully saturated rings. The zero-order valence-corrected chi connectivity index (χ0v) is 14.4. The zero-order chi connectivity index (χ0) is 16.8. The molecule has 0 bridgehead atoms. The van der Waals surface area contributed by atoms with Gasteiger partial charge in [0.25, 0.3) is 0 Å². The molecule has 0 aliphatic rings. The Morgan fingerprint density at radius 2 is 1.91 bits per heavy atom. The van der Waals surface area contributed by atoms with E-state index in [0.29, 0.717) is 12.1 Å². The molecule has 0 radical (unpaired) electrons. The normalized spacial score (nSPS) is 12.2. The van der Waals surface area contributed by atoms with Gasteiger partial charge in [-0.3, -0.25) is 4.79 Å². The molecule has 0 aliphatic carbocycles. The molecule has 0 heterocycles.